The van der Waals surface area contributed by atoms with Gasteiger partial charge in [0.25, 0.3) is 0 Å². The van der Waals surface area contributed by atoms with Crippen molar-refractivity contribution in [1.82, 2.24) is 5.32 Å². The zero-order valence-corrected chi connectivity index (χ0v) is 16.0. The van der Waals surface area contributed by atoms with Crippen LogP contribution in [0, 0.1) is 6.92 Å². The lowest BCUT2D eigenvalue weighted by Gasteiger charge is -2.27. The number of aryl methyl sites for hydroxylation is 1. The van der Waals surface area contributed by atoms with Gasteiger partial charge in [-0.1, -0.05) is 29.8 Å². The van der Waals surface area contributed by atoms with Gasteiger partial charge in [0, 0.05) is 0 Å². The first-order valence-corrected chi connectivity index (χ1v) is 10.4. The van der Waals surface area contributed by atoms with E-state index in [1.165, 1.54) is 0 Å². The fraction of sp³-hybridized carbons (Fsp3) is 0.316. The van der Waals surface area contributed by atoms with E-state index in [0.717, 1.165) is 16.1 Å². The van der Waals surface area contributed by atoms with Gasteiger partial charge < -0.3 is 14.8 Å². The summed E-state index contributed by atoms with van der Waals surface area (Å²) in [6.07, 6.45) is 0.740. The number of rotatable bonds is 6. The second-order valence-electron chi connectivity index (χ2n) is 6.41. The Balaban J connectivity index is 1.59. The molecule has 0 aliphatic carbocycles. The fourth-order valence-electron chi connectivity index (χ4n) is 2.69. The third-order valence-electron chi connectivity index (χ3n) is 4.10. The number of carbonyl (C=O) groups excluding carboxylic acids is 1. The number of nitrogens with one attached hydrogen (secondary N) is 1. The van der Waals surface area contributed by atoms with Crippen LogP contribution in [0.2, 0.25) is 0 Å². The summed E-state index contributed by atoms with van der Waals surface area (Å²) in [5.41, 5.74) is 1.45. The van der Waals surface area contributed by atoms with Crippen molar-refractivity contribution in [2.75, 3.05) is 30.3 Å². The highest BCUT2D eigenvalue weighted by atomic mass is 32.2. The van der Waals surface area contributed by atoms with Crippen molar-refractivity contribution in [3.05, 3.63) is 54.1 Å². The molecular formula is C19H22N2O5S. The van der Waals surface area contributed by atoms with Crippen LogP contribution in [0.4, 0.5) is 5.69 Å². The highest BCUT2D eigenvalue weighted by Gasteiger charge is 2.24. The first kappa shape index (κ1) is 19.0. The third-order valence-corrected chi connectivity index (χ3v) is 5.24. The van der Waals surface area contributed by atoms with Gasteiger partial charge in [0.2, 0.25) is 15.9 Å². The quantitative estimate of drug-likeness (QED) is 0.812. The van der Waals surface area contributed by atoms with Crippen LogP contribution in [0.5, 0.6) is 11.5 Å². The van der Waals surface area contributed by atoms with Crippen LogP contribution in [0.1, 0.15) is 5.56 Å². The Labute approximate surface area is 158 Å². The lowest BCUT2D eigenvalue weighted by molar-refractivity contribution is -0.120. The van der Waals surface area contributed by atoms with Crippen molar-refractivity contribution in [3.8, 4) is 11.5 Å². The number of hydrogen-bond acceptors (Lipinski definition) is 5. The summed E-state index contributed by atoms with van der Waals surface area (Å²) in [6.45, 7) is 2.14. The molecule has 0 saturated carbocycles. The Morgan fingerprint density at radius 2 is 1.81 bits per heavy atom. The van der Waals surface area contributed by atoms with Crippen LogP contribution in [0.3, 0.4) is 0 Å². The molecule has 1 atom stereocenters. The molecule has 1 N–H and O–H groups in total. The number of anilines is 1. The number of nitrogens with zero attached hydrogens (tertiary/aromatic N) is 1. The van der Waals surface area contributed by atoms with Crippen molar-refractivity contribution in [2.24, 2.45) is 0 Å². The summed E-state index contributed by atoms with van der Waals surface area (Å²) in [4.78, 5) is 12.3. The average Bonchev–Trinajstić information content (AvgIpc) is 2.64. The summed E-state index contributed by atoms with van der Waals surface area (Å²) < 4.78 is 36.7. The Kier molecular flexibility index (Phi) is 5.55. The van der Waals surface area contributed by atoms with Crippen molar-refractivity contribution in [1.29, 1.82) is 0 Å². The SMILES string of the molecule is Cc1ccc(N(CC(=O)NC[C@H]2COc3ccccc3O2)S(C)(=O)=O)cc1. The molecule has 0 unspecified atom stereocenters. The van der Waals surface area contributed by atoms with Gasteiger partial charge in [-0.05, 0) is 31.2 Å². The minimum Gasteiger partial charge on any atom is -0.486 e. The van der Waals surface area contributed by atoms with Gasteiger partial charge in [0.1, 0.15) is 19.3 Å². The van der Waals surface area contributed by atoms with E-state index in [2.05, 4.69) is 5.32 Å². The first-order valence-electron chi connectivity index (χ1n) is 8.52. The number of ether oxygens (including phenoxy) is 2. The summed E-state index contributed by atoms with van der Waals surface area (Å²) in [5, 5.41) is 2.72. The largest absolute Gasteiger partial charge is 0.486 e. The van der Waals surface area contributed by atoms with Crippen molar-refractivity contribution in [2.45, 2.75) is 13.0 Å². The molecule has 1 heterocycles. The Bertz CT molecular complexity index is 912. The normalized spacial score (nSPS) is 15.9. The molecule has 3 rings (SSSR count). The predicted molar refractivity (Wildman–Crippen MR) is 103 cm³/mol. The van der Waals surface area contributed by atoms with E-state index in [4.69, 9.17) is 9.47 Å². The van der Waals surface area contributed by atoms with Crippen molar-refractivity contribution < 1.29 is 22.7 Å². The summed E-state index contributed by atoms with van der Waals surface area (Å²) >= 11 is 0. The lowest BCUT2D eigenvalue weighted by Crippen LogP contribution is -2.45. The van der Waals surface area contributed by atoms with E-state index in [9.17, 15) is 13.2 Å². The van der Waals surface area contributed by atoms with Gasteiger partial charge in [-0.3, -0.25) is 9.10 Å². The molecule has 1 amide bonds. The Morgan fingerprint density at radius 3 is 2.48 bits per heavy atom. The van der Waals surface area contributed by atoms with E-state index in [1.54, 1.807) is 30.3 Å². The molecular weight excluding hydrogens is 368 g/mol. The maximum atomic E-state index is 12.3. The van der Waals surface area contributed by atoms with Gasteiger partial charge in [-0.25, -0.2) is 8.42 Å². The topological polar surface area (TPSA) is 84.9 Å². The van der Waals surface area contributed by atoms with Gasteiger partial charge >= 0.3 is 0 Å². The number of benzene rings is 2. The number of sulfonamides is 1. The summed E-state index contributed by atoms with van der Waals surface area (Å²) in [6, 6.07) is 14.3. The van der Waals surface area contributed by atoms with Gasteiger partial charge in [0.15, 0.2) is 11.5 Å². The van der Waals surface area contributed by atoms with Crippen LogP contribution in [0.15, 0.2) is 48.5 Å². The number of hydrogen-bond donors (Lipinski definition) is 1. The van der Waals surface area contributed by atoms with Crippen LogP contribution in [-0.4, -0.2) is 46.4 Å². The van der Waals surface area contributed by atoms with Gasteiger partial charge in [-0.2, -0.15) is 0 Å². The number of amides is 1. The van der Waals surface area contributed by atoms with Gasteiger partial charge in [0.05, 0.1) is 18.5 Å². The highest BCUT2D eigenvalue weighted by Crippen LogP contribution is 2.30. The predicted octanol–water partition coefficient (Wildman–Crippen LogP) is 1.72. The summed E-state index contributed by atoms with van der Waals surface area (Å²) in [7, 11) is -3.59. The Morgan fingerprint density at radius 1 is 1.15 bits per heavy atom. The molecule has 8 heteroatoms. The van der Waals surface area contributed by atoms with Crippen LogP contribution in [0.25, 0.3) is 0 Å². The molecule has 1 aliphatic rings. The average molecular weight is 390 g/mol. The van der Waals surface area contributed by atoms with Crippen LogP contribution < -0.4 is 19.1 Å². The molecule has 0 radical (unpaired) electrons. The highest BCUT2D eigenvalue weighted by molar-refractivity contribution is 7.92. The summed E-state index contributed by atoms with van der Waals surface area (Å²) in [5.74, 6) is 0.881. The molecule has 0 spiro atoms. The number of fused-ring (bicyclic) bond motifs is 1. The Hall–Kier alpha value is -2.74. The van der Waals surface area contributed by atoms with Crippen molar-refractivity contribution >= 4 is 21.6 Å². The van der Waals surface area contributed by atoms with Crippen molar-refractivity contribution in [3.63, 3.8) is 0 Å². The monoisotopic (exact) mass is 390 g/mol. The van der Waals surface area contributed by atoms with E-state index >= 15 is 0 Å². The zero-order valence-electron chi connectivity index (χ0n) is 15.2. The van der Waals surface area contributed by atoms with Crippen LogP contribution >= 0.6 is 0 Å². The second-order valence-corrected chi connectivity index (χ2v) is 8.31. The number of para-hydroxylation sites is 2. The molecule has 2 aromatic rings. The molecule has 2 aromatic carbocycles. The zero-order chi connectivity index (χ0) is 19.4. The second kappa shape index (κ2) is 7.87. The molecule has 0 fully saturated rings. The first-order chi connectivity index (χ1) is 12.8. The smallest absolute Gasteiger partial charge is 0.240 e. The molecule has 0 bridgehead atoms. The standard InChI is InChI=1S/C19H22N2O5S/c1-14-7-9-15(10-8-14)21(27(2,23)24)12-19(22)20-11-16-13-25-17-5-3-4-6-18(17)26-16/h3-10,16H,11-13H2,1-2H3,(H,20,22)/t16-/m0/s1. The van der Waals surface area contributed by atoms with Crippen LogP contribution in [-0.2, 0) is 14.8 Å². The molecule has 7 nitrogen and oxygen atoms in total. The minimum absolute atomic E-state index is 0.221. The minimum atomic E-state index is -3.59. The molecule has 1 aliphatic heterocycles. The van der Waals surface area contributed by atoms with Gasteiger partial charge in [-0.15, -0.1) is 0 Å². The third kappa shape index (κ3) is 4.91. The maximum absolute atomic E-state index is 12.3. The fourth-order valence-corrected chi connectivity index (χ4v) is 3.55. The molecule has 144 valence electrons. The number of carbonyl (C=O) groups is 1. The van der Waals surface area contributed by atoms with E-state index in [1.807, 2.05) is 25.1 Å². The molecule has 0 saturated heterocycles. The van der Waals surface area contributed by atoms with E-state index in [-0.39, 0.29) is 19.2 Å². The molecule has 0 aromatic heterocycles. The molecule has 27 heavy (non-hydrogen) atoms. The van der Waals surface area contributed by atoms with E-state index < -0.39 is 15.9 Å². The lowest BCUT2D eigenvalue weighted by atomic mass is 10.2. The maximum Gasteiger partial charge on any atom is 0.240 e. The van der Waals surface area contributed by atoms with E-state index in [0.29, 0.717) is 23.8 Å².